The molecule has 0 aliphatic rings. The molecule has 1 rings (SSSR count). The molecule has 0 unspecified atom stereocenters. The molecule has 0 spiro atoms. The van der Waals surface area contributed by atoms with Crippen molar-refractivity contribution in [2.24, 2.45) is 5.41 Å². The number of halogens is 1. The van der Waals surface area contributed by atoms with Crippen LogP contribution in [0.2, 0.25) is 0 Å². The lowest BCUT2D eigenvalue weighted by atomic mass is 9.77. The molecule has 0 saturated carbocycles. The standard InChI is InChI=1S/C16H26IN/c1-4-11-18-13-16(5-2,6-3)12-14-7-9-15(17)10-8-14/h7-10,18H,4-6,11-13H2,1-3H3. The van der Waals surface area contributed by atoms with Crippen LogP contribution < -0.4 is 5.32 Å². The first-order valence-corrected chi connectivity index (χ1v) is 8.19. The highest BCUT2D eigenvalue weighted by Crippen LogP contribution is 2.30. The monoisotopic (exact) mass is 359 g/mol. The summed E-state index contributed by atoms with van der Waals surface area (Å²) >= 11 is 2.37. The van der Waals surface area contributed by atoms with Gasteiger partial charge in [-0.3, -0.25) is 0 Å². The van der Waals surface area contributed by atoms with Crippen LogP contribution in [0, 0.1) is 8.99 Å². The van der Waals surface area contributed by atoms with Crippen LogP contribution in [0.25, 0.3) is 0 Å². The van der Waals surface area contributed by atoms with Gasteiger partial charge in [0.05, 0.1) is 0 Å². The second kappa shape index (κ2) is 8.16. The normalized spacial score (nSPS) is 11.8. The molecule has 0 fully saturated rings. The third-order valence-corrected chi connectivity index (χ3v) is 4.64. The molecule has 1 N–H and O–H groups in total. The van der Waals surface area contributed by atoms with Crippen LogP contribution in [0.3, 0.4) is 0 Å². The molecule has 0 radical (unpaired) electrons. The van der Waals surface area contributed by atoms with Crippen LogP contribution in [0.15, 0.2) is 24.3 Å². The Morgan fingerprint density at radius 2 is 1.67 bits per heavy atom. The summed E-state index contributed by atoms with van der Waals surface area (Å²) in [4.78, 5) is 0. The first-order chi connectivity index (χ1) is 8.65. The molecule has 0 atom stereocenters. The summed E-state index contributed by atoms with van der Waals surface area (Å²) in [6, 6.07) is 8.99. The van der Waals surface area contributed by atoms with Gasteiger partial charge in [0, 0.05) is 10.1 Å². The minimum Gasteiger partial charge on any atom is -0.316 e. The van der Waals surface area contributed by atoms with Crippen molar-refractivity contribution in [3.63, 3.8) is 0 Å². The molecule has 0 saturated heterocycles. The molecule has 1 aromatic rings. The van der Waals surface area contributed by atoms with Crippen molar-refractivity contribution >= 4 is 22.6 Å². The van der Waals surface area contributed by atoms with E-state index in [0.29, 0.717) is 5.41 Å². The van der Waals surface area contributed by atoms with E-state index in [4.69, 9.17) is 0 Å². The zero-order chi connectivity index (χ0) is 13.4. The van der Waals surface area contributed by atoms with Crippen molar-refractivity contribution in [1.29, 1.82) is 0 Å². The number of benzene rings is 1. The predicted molar refractivity (Wildman–Crippen MR) is 89.0 cm³/mol. The molecule has 0 aromatic heterocycles. The molecule has 18 heavy (non-hydrogen) atoms. The van der Waals surface area contributed by atoms with Crippen molar-refractivity contribution in [2.45, 2.75) is 46.5 Å². The molecule has 2 heteroatoms. The highest BCUT2D eigenvalue weighted by atomic mass is 127. The molecule has 1 nitrogen and oxygen atoms in total. The van der Waals surface area contributed by atoms with Gasteiger partial charge in [0.15, 0.2) is 0 Å². The molecule has 0 amide bonds. The van der Waals surface area contributed by atoms with E-state index in [-0.39, 0.29) is 0 Å². The van der Waals surface area contributed by atoms with Crippen LogP contribution in [-0.2, 0) is 6.42 Å². The molecule has 0 aliphatic carbocycles. The van der Waals surface area contributed by atoms with E-state index in [1.807, 2.05) is 0 Å². The van der Waals surface area contributed by atoms with Crippen LogP contribution in [-0.4, -0.2) is 13.1 Å². The number of hydrogen-bond donors (Lipinski definition) is 1. The second-order valence-corrected chi connectivity index (χ2v) is 6.43. The van der Waals surface area contributed by atoms with Crippen molar-refractivity contribution < 1.29 is 0 Å². The molecule has 102 valence electrons. The Balaban J connectivity index is 2.68. The summed E-state index contributed by atoms with van der Waals surface area (Å²) in [5.41, 5.74) is 1.89. The van der Waals surface area contributed by atoms with Crippen LogP contribution >= 0.6 is 22.6 Å². The van der Waals surface area contributed by atoms with Gasteiger partial charge in [-0.2, -0.15) is 0 Å². The molecular weight excluding hydrogens is 333 g/mol. The fourth-order valence-corrected chi connectivity index (χ4v) is 2.74. The highest BCUT2D eigenvalue weighted by molar-refractivity contribution is 14.1. The summed E-state index contributed by atoms with van der Waals surface area (Å²) in [5.74, 6) is 0. The van der Waals surface area contributed by atoms with Gasteiger partial charge < -0.3 is 5.32 Å². The molecular formula is C16H26IN. The van der Waals surface area contributed by atoms with Gasteiger partial charge in [-0.05, 0) is 77.9 Å². The lowest BCUT2D eigenvalue weighted by Crippen LogP contribution is -2.35. The van der Waals surface area contributed by atoms with Gasteiger partial charge in [0.2, 0.25) is 0 Å². The Labute approximate surface area is 126 Å². The third kappa shape index (κ3) is 4.88. The van der Waals surface area contributed by atoms with E-state index in [0.717, 1.165) is 13.1 Å². The Morgan fingerprint density at radius 3 is 2.17 bits per heavy atom. The van der Waals surface area contributed by atoms with Crippen molar-refractivity contribution in [3.8, 4) is 0 Å². The summed E-state index contributed by atoms with van der Waals surface area (Å²) in [5, 5.41) is 3.61. The predicted octanol–water partition coefficient (Wildman–Crippen LogP) is 4.64. The van der Waals surface area contributed by atoms with E-state index in [1.165, 1.54) is 34.8 Å². The third-order valence-electron chi connectivity index (χ3n) is 3.92. The molecule has 0 heterocycles. The summed E-state index contributed by atoms with van der Waals surface area (Å²) in [6.45, 7) is 9.15. The van der Waals surface area contributed by atoms with E-state index in [9.17, 15) is 0 Å². The Hall–Kier alpha value is -0.0900. The van der Waals surface area contributed by atoms with Gasteiger partial charge in [0.25, 0.3) is 0 Å². The minimum atomic E-state index is 0.419. The summed E-state index contributed by atoms with van der Waals surface area (Å²) < 4.78 is 1.32. The zero-order valence-corrected chi connectivity index (χ0v) is 14.1. The van der Waals surface area contributed by atoms with Gasteiger partial charge in [-0.25, -0.2) is 0 Å². The summed E-state index contributed by atoms with van der Waals surface area (Å²) in [7, 11) is 0. The smallest absolute Gasteiger partial charge is 0.0130 e. The van der Waals surface area contributed by atoms with Gasteiger partial charge in [-0.15, -0.1) is 0 Å². The zero-order valence-electron chi connectivity index (χ0n) is 11.9. The fraction of sp³-hybridized carbons (Fsp3) is 0.625. The van der Waals surface area contributed by atoms with Gasteiger partial charge in [0.1, 0.15) is 0 Å². The lowest BCUT2D eigenvalue weighted by Gasteiger charge is -2.32. The van der Waals surface area contributed by atoms with E-state index in [2.05, 4.69) is 72.9 Å². The quantitative estimate of drug-likeness (QED) is 0.527. The molecule has 0 bridgehead atoms. The van der Waals surface area contributed by atoms with Gasteiger partial charge in [-0.1, -0.05) is 32.9 Å². The topological polar surface area (TPSA) is 12.0 Å². The van der Waals surface area contributed by atoms with Gasteiger partial charge >= 0.3 is 0 Å². The Kier molecular flexibility index (Phi) is 7.23. The van der Waals surface area contributed by atoms with Crippen molar-refractivity contribution in [1.82, 2.24) is 5.32 Å². The van der Waals surface area contributed by atoms with Crippen LogP contribution in [0.1, 0.15) is 45.6 Å². The SMILES string of the molecule is CCCNCC(CC)(CC)Cc1ccc(I)cc1. The first-order valence-electron chi connectivity index (χ1n) is 7.11. The maximum absolute atomic E-state index is 3.61. The molecule has 0 aliphatic heterocycles. The maximum Gasteiger partial charge on any atom is 0.0130 e. The minimum absolute atomic E-state index is 0.419. The van der Waals surface area contributed by atoms with E-state index >= 15 is 0 Å². The average Bonchev–Trinajstić information content (AvgIpc) is 2.40. The second-order valence-electron chi connectivity index (χ2n) is 5.19. The lowest BCUT2D eigenvalue weighted by molar-refractivity contribution is 0.247. The van der Waals surface area contributed by atoms with Crippen LogP contribution in [0.5, 0.6) is 0 Å². The first kappa shape index (κ1) is 16.0. The number of rotatable bonds is 8. The maximum atomic E-state index is 3.61. The number of hydrogen-bond acceptors (Lipinski definition) is 1. The van der Waals surface area contributed by atoms with Crippen molar-refractivity contribution in [2.75, 3.05) is 13.1 Å². The Morgan fingerprint density at radius 1 is 1.06 bits per heavy atom. The van der Waals surface area contributed by atoms with E-state index < -0.39 is 0 Å². The van der Waals surface area contributed by atoms with Crippen LogP contribution in [0.4, 0.5) is 0 Å². The van der Waals surface area contributed by atoms with E-state index in [1.54, 1.807) is 0 Å². The Bertz CT molecular complexity index is 327. The number of nitrogens with one attached hydrogen (secondary N) is 1. The largest absolute Gasteiger partial charge is 0.316 e. The average molecular weight is 359 g/mol. The van der Waals surface area contributed by atoms with Crippen molar-refractivity contribution in [3.05, 3.63) is 33.4 Å². The molecule has 1 aromatic carbocycles. The fourth-order valence-electron chi connectivity index (χ4n) is 2.38. The highest BCUT2D eigenvalue weighted by Gasteiger charge is 2.25. The summed E-state index contributed by atoms with van der Waals surface area (Å²) in [6.07, 6.45) is 4.89.